The van der Waals surface area contributed by atoms with E-state index in [2.05, 4.69) is 0 Å². The summed E-state index contributed by atoms with van der Waals surface area (Å²) in [6.45, 7) is 1.81. The van der Waals surface area contributed by atoms with Crippen molar-refractivity contribution in [2.75, 3.05) is 0 Å². The molecule has 8 heteroatoms. The van der Waals surface area contributed by atoms with Crippen molar-refractivity contribution in [3.63, 3.8) is 0 Å². The molecule has 0 aromatic heterocycles. The summed E-state index contributed by atoms with van der Waals surface area (Å²) in [5.41, 5.74) is 8.06. The molecule has 0 unspecified atom stereocenters. The van der Waals surface area contributed by atoms with E-state index in [0.29, 0.717) is 12.8 Å². The van der Waals surface area contributed by atoms with Crippen molar-refractivity contribution in [1.82, 2.24) is 0 Å². The highest BCUT2D eigenvalue weighted by atomic mass is 32.2. The third kappa shape index (κ3) is 6.06. The first-order valence-electron chi connectivity index (χ1n) is 10.0. The molecule has 3 aromatic rings. The van der Waals surface area contributed by atoms with Gasteiger partial charge in [-0.2, -0.15) is 8.42 Å². The summed E-state index contributed by atoms with van der Waals surface area (Å²) in [4.78, 5) is -0.226. The first-order chi connectivity index (χ1) is 15.2. The van der Waals surface area contributed by atoms with Crippen LogP contribution < -0.4 is 5.73 Å². The number of sulfone groups is 1. The van der Waals surface area contributed by atoms with Crippen LogP contribution in [0.2, 0.25) is 0 Å². The summed E-state index contributed by atoms with van der Waals surface area (Å²) in [6.07, 6.45) is 2.17. The van der Waals surface area contributed by atoms with Crippen LogP contribution in [0.1, 0.15) is 17.5 Å². The monoisotopic (exact) mass is 471 g/mol. The molecule has 0 aliphatic carbocycles. The van der Waals surface area contributed by atoms with E-state index in [1.807, 2.05) is 37.3 Å². The predicted molar refractivity (Wildman–Crippen MR) is 124 cm³/mol. The highest BCUT2D eigenvalue weighted by molar-refractivity contribution is 7.96. The molecule has 0 heterocycles. The third-order valence-electron chi connectivity index (χ3n) is 4.78. The Labute approximate surface area is 189 Å². The average molecular weight is 472 g/mol. The third-order valence-corrected chi connectivity index (χ3v) is 7.78. The van der Waals surface area contributed by atoms with Crippen molar-refractivity contribution in [2.45, 2.75) is 35.6 Å². The Bertz CT molecular complexity index is 1270. The van der Waals surface area contributed by atoms with Crippen LogP contribution in [-0.2, 0) is 30.6 Å². The van der Waals surface area contributed by atoms with E-state index >= 15 is 0 Å². The van der Waals surface area contributed by atoms with E-state index in [1.54, 1.807) is 30.3 Å². The molecular weight excluding hydrogens is 446 g/mol. The normalized spacial score (nSPS) is 13.5. The van der Waals surface area contributed by atoms with E-state index in [0.717, 1.165) is 17.2 Å². The molecule has 0 spiro atoms. The highest BCUT2D eigenvalue weighted by Gasteiger charge is 2.29. The van der Waals surface area contributed by atoms with Gasteiger partial charge in [0.05, 0.1) is 4.90 Å². The number of nitrogens with two attached hydrogens (primary N) is 1. The lowest BCUT2D eigenvalue weighted by molar-refractivity contribution is 0.420. The van der Waals surface area contributed by atoms with Gasteiger partial charge in [-0.05, 0) is 55.7 Å². The summed E-state index contributed by atoms with van der Waals surface area (Å²) in [6, 6.07) is 22.3. The Morgan fingerprint density at radius 3 is 2.00 bits per heavy atom. The van der Waals surface area contributed by atoms with Gasteiger partial charge < -0.3 is 9.92 Å². The van der Waals surface area contributed by atoms with Crippen molar-refractivity contribution in [3.05, 3.63) is 107 Å². The lowest BCUT2D eigenvalue weighted by Gasteiger charge is -2.14. The van der Waals surface area contributed by atoms with E-state index in [9.17, 15) is 16.8 Å². The van der Waals surface area contributed by atoms with Crippen LogP contribution in [0.15, 0.2) is 106 Å². The van der Waals surface area contributed by atoms with Gasteiger partial charge in [0.1, 0.15) is 4.90 Å². The zero-order chi connectivity index (χ0) is 23.2. The molecule has 0 aliphatic rings. The van der Waals surface area contributed by atoms with Crippen molar-refractivity contribution in [1.29, 1.82) is 0 Å². The maximum atomic E-state index is 13.2. The first-order valence-corrected chi connectivity index (χ1v) is 12.9. The second-order valence-corrected chi connectivity index (χ2v) is 10.8. The fourth-order valence-electron chi connectivity index (χ4n) is 2.98. The summed E-state index contributed by atoms with van der Waals surface area (Å²) in [7, 11) is -8.63. The molecule has 168 valence electrons. The molecule has 0 bridgehead atoms. The second kappa shape index (κ2) is 10.1. The van der Waals surface area contributed by atoms with Crippen molar-refractivity contribution in [2.24, 2.45) is 5.73 Å². The molecule has 1 atom stereocenters. The predicted octanol–water partition coefficient (Wildman–Crippen LogP) is 3.98. The minimum atomic E-state index is -4.38. The molecule has 0 amide bonds. The number of hydrogen-bond donors (Lipinski definition) is 1. The Kier molecular flexibility index (Phi) is 7.50. The number of rotatable bonds is 9. The second-order valence-electron chi connectivity index (χ2n) is 7.34. The molecule has 0 saturated carbocycles. The standard InChI is InChI=1S/C24H25NO5S2/c1-19-12-16-23(17-13-19)32(28,29)30-24(31(26,27)22-10-6-3-7-11-22)18-21(25)15-14-20-8-4-2-5-9-20/h2-13,16-18,21H,14-15,25H2,1H3/b24-18+/t21-/m0/s1. The molecule has 32 heavy (non-hydrogen) atoms. The maximum Gasteiger partial charge on any atom is 0.339 e. The fraction of sp³-hybridized carbons (Fsp3) is 0.167. The Hall–Kier alpha value is -2.94. The van der Waals surface area contributed by atoms with E-state index in [-0.39, 0.29) is 9.79 Å². The number of benzene rings is 3. The molecule has 6 nitrogen and oxygen atoms in total. The number of aryl methyl sites for hydroxylation is 2. The fourth-order valence-corrected chi connectivity index (χ4v) is 5.54. The van der Waals surface area contributed by atoms with E-state index < -0.39 is 31.1 Å². The van der Waals surface area contributed by atoms with Gasteiger partial charge in [0.25, 0.3) is 0 Å². The molecule has 3 rings (SSSR count). The first kappa shape index (κ1) is 23.7. The minimum Gasteiger partial charge on any atom is -0.366 e. The summed E-state index contributed by atoms with van der Waals surface area (Å²) in [5.74, 6) is 0. The van der Waals surface area contributed by atoms with E-state index in [4.69, 9.17) is 9.92 Å². The topological polar surface area (TPSA) is 104 Å². The van der Waals surface area contributed by atoms with Crippen LogP contribution in [0.4, 0.5) is 0 Å². The number of hydrogen-bond acceptors (Lipinski definition) is 6. The van der Waals surface area contributed by atoms with Crippen LogP contribution in [0, 0.1) is 6.92 Å². The van der Waals surface area contributed by atoms with Gasteiger partial charge in [0.2, 0.25) is 14.9 Å². The zero-order valence-electron chi connectivity index (χ0n) is 17.6. The zero-order valence-corrected chi connectivity index (χ0v) is 19.2. The quantitative estimate of drug-likeness (QED) is 0.374. The SMILES string of the molecule is Cc1ccc(S(=O)(=O)O/C(=C\[C@@H](N)CCc2ccccc2)S(=O)(=O)c2ccccc2)cc1. The lowest BCUT2D eigenvalue weighted by atomic mass is 10.1. The molecular formula is C24H25NO5S2. The molecule has 2 N–H and O–H groups in total. The molecule has 0 radical (unpaired) electrons. The highest BCUT2D eigenvalue weighted by Crippen LogP contribution is 2.25. The van der Waals surface area contributed by atoms with Gasteiger partial charge in [-0.15, -0.1) is 0 Å². The van der Waals surface area contributed by atoms with Gasteiger partial charge in [-0.1, -0.05) is 66.2 Å². The van der Waals surface area contributed by atoms with Crippen LogP contribution in [0.5, 0.6) is 0 Å². The lowest BCUT2D eigenvalue weighted by Crippen LogP contribution is -2.22. The van der Waals surface area contributed by atoms with Gasteiger partial charge in [-0.3, -0.25) is 0 Å². The van der Waals surface area contributed by atoms with Crippen molar-refractivity contribution >= 4 is 20.0 Å². The average Bonchev–Trinajstić information content (AvgIpc) is 2.79. The van der Waals surface area contributed by atoms with Crippen molar-refractivity contribution < 1.29 is 21.0 Å². The maximum absolute atomic E-state index is 13.2. The van der Waals surface area contributed by atoms with Gasteiger partial charge >= 0.3 is 10.1 Å². The molecule has 0 aliphatic heterocycles. The molecule has 3 aromatic carbocycles. The van der Waals surface area contributed by atoms with Gasteiger partial charge in [0.15, 0.2) is 0 Å². The largest absolute Gasteiger partial charge is 0.366 e. The Balaban J connectivity index is 1.93. The minimum absolute atomic E-state index is 0.0828. The van der Waals surface area contributed by atoms with Gasteiger partial charge in [-0.25, -0.2) is 8.42 Å². The Morgan fingerprint density at radius 1 is 0.844 bits per heavy atom. The van der Waals surface area contributed by atoms with E-state index in [1.165, 1.54) is 24.3 Å². The molecule has 0 fully saturated rings. The summed E-state index contributed by atoms with van der Waals surface area (Å²) < 4.78 is 57.2. The summed E-state index contributed by atoms with van der Waals surface area (Å²) in [5, 5.41) is -0.704. The van der Waals surface area contributed by atoms with Gasteiger partial charge in [0, 0.05) is 6.04 Å². The summed E-state index contributed by atoms with van der Waals surface area (Å²) >= 11 is 0. The van der Waals surface area contributed by atoms with Crippen LogP contribution in [0.3, 0.4) is 0 Å². The van der Waals surface area contributed by atoms with Crippen LogP contribution in [0.25, 0.3) is 0 Å². The Morgan fingerprint density at radius 2 is 1.41 bits per heavy atom. The molecule has 0 saturated heterocycles. The van der Waals surface area contributed by atoms with Crippen molar-refractivity contribution in [3.8, 4) is 0 Å². The van der Waals surface area contributed by atoms with Crippen LogP contribution in [-0.4, -0.2) is 22.9 Å². The smallest absolute Gasteiger partial charge is 0.339 e. The van der Waals surface area contributed by atoms with Crippen LogP contribution >= 0.6 is 0 Å².